The Morgan fingerprint density at radius 3 is 3.06 bits per heavy atom. The lowest BCUT2D eigenvalue weighted by Crippen LogP contribution is -2.29. The van der Waals surface area contributed by atoms with Gasteiger partial charge in [0.1, 0.15) is 0 Å². The highest BCUT2D eigenvalue weighted by molar-refractivity contribution is 6.20. The largest absolute Gasteiger partial charge is 0.494 e. The van der Waals surface area contributed by atoms with Crippen LogP contribution in [0, 0.1) is 11.7 Å². The highest BCUT2D eigenvalue weighted by atomic mass is 35.5. The molecule has 1 aliphatic rings. The molecule has 17 heavy (non-hydrogen) atoms. The van der Waals surface area contributed by atoms with E-state index in [0.717, 1.165) is 6.42 Å². The van der Waals surface area contributed by atoms with E-state index in [-0.39, 0.29) is 22.9 Å². The molecule has 0 spiro atoms. The van der Waals surface area contributed by atoms with Crippen molar-refractivity contribution in [3.63, 3.8) is 0 Å². The van der Waals surface area contributed by atoms with Crippen LogP contribution in [0.3, 0.4) is 0 Å². The van der Waals surface area contributed by atoms with Crippen molar-refractivity contribution in [3.05, 3.63) is 29.6 Å². The fourth-order valence-electron chi connectivity index (χ4n) is 2.11. The lowest BCUT2D eigenvalue weighted by atomic mass is 9.93. The summed E-state index contributed by atoms with van der Waals surface area (Å²) in [4.78, 5) is 0. The van der Waals surface area contributed by atoms with Crippen LogP contribution in [0.4, 0.5) is 4.39 Å². The summed E-state index contributed by atoms with van der Waals surface area (Å²) in [6.07, 6.45) is 1.43. The van der Waals surface area contributed by atoms with Crippen LogP contribution in [-0.2, 0) is 11.2 Å². The van der Waals surface area contributed by atoms with Crippen molar-refractivity contribution in [1.82, 2.24) is 0 Å². The molecule has 0 bridgehead atoms. The van der Waals surface area contributed by atoms with Gasteiger partial charge in [-0.25, -0.2) is 4.39 Å². The van der Waals surface area contributed by atoms with Gasteiger partial charge in [0.25, 0.3) is 0 Å². The van der Waals surface area contributed by atoms with Gasteiger partial charge in [0.2, 0.25) is 0 Å². The molecule has 2 unspecified atom stereocenters. The average Bonchev–Trinajstić information content (AvgIpc) is 2.34. The fraction of sp³-hybridized carbons (Fsp3) is 0.538. The van der Waals surface area contributed by atoms with E-state index in [1.807, 2.05) is 0 Å². The Kier molecular flexibility index (Phi) is 4.24. The summed E-state index contributed by atoms with van der Waals surface area (Å²) in [5.41, 5.74) is 0.644. The minimum absolute atomic E-state index is 0.0642. The molecule has 0 N–H and O–H groups in total. The van der Waals surface area contributed by atoms with Crippen molar-refractivity contribution in [2.45, 2.75) is 18.2 Å². The molecule has 1 aromatic rings. The lowest BCUT2D eigenvalue weighted by molar-refractivity contribution is 0.0574. The third-order valence-electron chi connectivity index (χ3n) is 3.13. The first kappa shape index (κ1) is 12.7. The number of ether oxygens (including phenoxy) is 2. The molecule has 1 aliphatic heterocycles. The quantitative estimate of drug-likeness (QED) is 0.776. The molecule has 0 amide bonds. The second-order valence-electron chi connectivity index (χ2n) is 4.28. The van der Waals surface area contributed by atoms with Crippen molar-refractivity contribution in [1.29, 1.82) is 0 Å². The van der Waals surface area contributed by atoms with E-state index in [0.29, 0.717) is 25.2 Å². The number of benzene rings is 1. The summed E-state index contributed by atoms with van der Waals surface area (Å²) in [5.74, 6) is 0.168. The van der Waals surface area contributed by atoms with Crippen LogP contribution in [-0.4, -0.2) is 25.7 Å². The maximum absolute atomic E-state index is 13.9. The molecule has 0 aliphatic carbocycles. The van der Waals surface area contributed by atoms with Crippen LogP contribution in [0.2, 0.25) is 0 Å². The Morgan fingerprint density at radius 2 is 2.35 bits per heavy atom. The minimum Gasteiger partial charge on any atom is -0.494 e. The van der Waals surface area contributed by atoms with Gasteiger partial charge in [-0.05, 0) is 24.5 Å². The van der Waals surface area contributed by atoms with Crippen molar-refractivity contribution in [2.75, 3.05) is 20.3 Å². The normalized spacial score (nSPS) is 24.6. The van der Waals surface area contributed by atoms with Gasteiger partial charge in [-0.3, -0.25) is 0 Å². The van der Waals surface area contributed by atoms with E-state index in [4.69, 9.17) is 21.1 Å². The molecule has 0 aromatic heterocycles. The number of hydrogen-bond acceptors (Lipinski definition) is 2. The second kappa shape index (κ2) is 5.69. The molecule has 2 nitrogen and oxygen atoms in total. The lowest BCUT2D eigenvalue weighted by Gasteiger charge is -2.27. The van der Waals surface area contributed by atoms with E-state index in [2.05, 4.69) is 0 Å². The monoisotopic (exact) mass is 258 g/mol. The van der Waals surface area contributed by atoms with Crippen LogP contribution in [0.15, 0.2) is 18.2 Å². The first-order valence-corrected chi connectivity index (χ1v) is 6.19. The standard InChI is InChI=1S/C13H16ClFO2/c1-16-12-4-2-3-9(13(12)15)7-10-8-17-6-5-11(10)14/h2-4,10-11H,5-8H2,1H3. The maximum Gasteiger partial charge on any atom is 0.168 e. The number of rotatable bonds is 3. The van der Waals surface area contributed by atoms with Gasteiger partial charge < -0.3 is 9.47 Å². The number of methoxy groups -OCH3 is 1. The van der Waals surface area contributed by atoms with Crippen molar-refractivity contribution >= 4 is 11.6 Å². The molecule has 0 radical (unpaired) electrons. The molecule has 1 heterocycles. The van der Waals surface area contributed by atoms with Crippen LogP contribution >= 0.6 is 11.6 Å². The van der Waals surface area contributed by atoms with Gasteiger partial charge in [-0.1, -0.05) is 12.1 Å². The Labute approximate surface area is 106 Å². The molecule has 2 atom stereocenters. The smallest absolute Gasteiger partial charge is 0.168 e. The Hall–Kier alpha value is -0.800. The van der Waals surface area contributed by atoms with E-state index >= 15 is 0 Å². The van der Waals surface area contributed by atoms with E-state index in [9.17, 15) is 4.39 Å². The third kappa shape index (κ3) is 2.90. The summed E-state index contributed by atoms with van der Waals surface area (Å²) in [6.45, 7) is 1.30. The zero-order valence-corrected chi connectivity index (χ0v) is 10.5. The van der Waals surface area contributed by atoms with Crippen molar-refractivity contribution in [3.8, 4) is 5.75 Å². The zero-order valence-electron chi connectivity index (χ0n) is 9.79. The summed E-state index contributed by atoms with van der Waals surface area (Å²) >= 11 is 6.22. The third-order valence-corrected chi connectivity index (χ3v) is 3.70. The Morgan fingerprint density at radius 1 is 1.53 bits per heavy atom. The van der Waals surface area contributed by atoms with Crippen molar-refractivity contribution < 1.29 is 13.9 Å². The zero-order chi connectivity index (χ0) is 12.3. The van der Waals surface area contributed by atoms with Gasteiger partial charge in [0.05, 0.1) is 13.7 Å². The number of alkyl halides is 1. The molecular formula is C13H16ClFO2. The minimum atomic E-state index is -0.288. The highest BCUT2D eigenvalue weighted by Gasteiger charge is 2.25. The SMILES string of the molecule is COc1cccc(CC2COCCC2Cl)c1F. The molecule has 2 rings (SSSR count). The summed E-state index contributed by atoms with van der Waals surface area (Å²) in [7, 11) is 1.47. The molecular weight excluding hydrogens is 243 g/mol. The van der Waals surface area contributed by atoms with E-state index in [1.165, 1.54) is 7.11 Å². The molecule has 94 valence electrons. The fourth-order valence-corrected chi connectivity index (χ4v) is 2.36. The number of halogens is 2. The van der Waals surface area contributed by atoms with Gasteiger partial charge in [-0.15, -0.1) is 11.6 Å². The molecule has 1 saturated heterocycles. The summed E-state index contributed by atoms with van der Waals surface area (Å²) < 4.78 is 24.3. The topological polar surface area (TPSA) is 18.5 Å². The van der Waals surface area contributed by atoms with E-state index in [1.54, 1.807) is 18.2 Å². The van der Waals surface area contributed by atoms with Gasteiger partial charge in [0, 0.05) is 17.9 Å². The molecule has 4 heteroatoms. The predicted octanol–water partition coefficient (Wildman–Crippen LogP) is 3.02. The van der Waals surface area contributed by atoms with Crippen LogP contribution < -0.4 is 4.74 Å². The van der Waals surface area contributed by atoms with Gasteiger partial charge >= 0.3 is 0 Å². The summed E-state index contributed by atoms with van der Waals surface area (Å²) in [6, 6.07) is 5.19. The number of hydrogen-bond donors (Lipinski definition) is 0. The predicted molar refractivity (Wildman–Crippen MR) is 65.2 cm³/mol. The molecule has 1 aromatic carbocycles. The van der Waals surface area contributed by atoms with Crippen LogP contribution in [0.5, 0.6) is 5.75 Å². The van der Waals surface area contributed by atoms with Gasteiger partial charge in [-0.2, -0.15) is 0 Å². The Balaban J connectivity index is 2.12. The van der Waals surface area contributed by atoms with Crippen LogP contribution in [0.1, 0.15) is 12.0 Å². The van der Waals surface area contributed by atoms with Gasteiger partial charge in [0.15, 0.2) is 11.6 Å². The second-order valence-corrected chi connectivity index (χ2v) is 4.84. The first-order chi connectivity index (χ1) is 8.22. The van der Waals surface area contributed by atoms with Crippen molar-refractivity contribution in [2.24, 2.45) is 5.92 Å². The summed E-state index contributed by atoms with van der Waals surface area (Å²) in [5, 5.41) is 0.0642. The Bertz CT molecular complexity index is 384. The average molecular weight is 259 g/mol. The molecule has 0 saturated carbocycles. The molecule has 1 fully saturated rings. The highest BCUT2D eigenvalue weighted by Crippen LogP contribution is 2.27. The maximum atomic E-state index is 13.9. The van der Waals surface area contributed by atoms with E-state index < -0.39 is 0 Å². The first-order valence-electron chi connectivity index (χ1n) is 5.75. The van der Waals surface area contributed by atoms with Crippen LogP contribution in [0.25, 0.3) is 0 Å².